The van der Waals surface area contributed by atoms with Crippen LogP contribution in [-0.2, 0) is 0 Å². The normalized spacial score (nSPS) is 11.7. The van der Waals surface area contributed by atoms with Crippen molar-refractivity contribution < 1.29 is 4.42 Å². The number of fused-ring (bicyclic) bond motifs is 1. The van der Waals surface area contributed by atoms with E-state index in [0.717, 1.165) is 22.4 Å². The van der Waals surface area contributed by atoms with Gasteiger partial charge >= 0.3 is 0 Å². The molecule has 0 amide bonds. The van der Waals surface area contributed by atoms with Crippen LogP contribution in [0.4, 0.5) is 11.4 Å². The molecule has 25 heavy (non-hydrogen) atoms. The Hall–Kier alpha value is -3.67. The van der Waals surface area contributed by atoms with Crippen molar-refractivity contribution in [2.75, 3.05) is 0 Å². The molecule has 0 saturated carbocycles. The van der Waals surface area contributed by atoms with E-state index in [4.69, 9.17) is 4.42 Å². The van der Waals surface area contributed by atoms with Gasteiger partial charge in [-0.3, -0.25) is 0 Å². The number of hydrogen-bond acceptors (Lipinski definition) is 4. The third kappa shape index (κ3) is 3.48. The molecule has 3 aromatic carbocycles. The van der Waals surface area contributed by atoms with E-state index >= 15 is 0 Å². The minimum Gasteiger partial charge on any atom is -0.436 e. The van der Waals surface area contributed by atoms with Gasteiger partial charge in [0.1, 0.15) is 5.52 Å². The van der Waals surface area contributed by atoms with Gasteiger partial charge in [-0.25, -0.2) is 4.98 Å². The molecular weight excluding hydrogens is 314 g/mol. The average Bonchev–Trinajstić information content (AvgIpc) is 3.11. The molecule has 0 N–H and O–H groups in total. The van der Waals surface area contributed by atoms with Crippen LogP contribution in [0.1, 0.15) is 0 Å². The Labute approximate surface area is 143 Å². The van der Waals surface area contributed by atoms with Gasteiger partial charge in [0.05, 0.1) is 11.4 Å². The predicted octanol–water partition coefficient (Wildman–Crippen LogP) is 6.28. The fraction of sp³-hybridized carbons (Fsp3) is 0. The van der Waals surface area contributed by atoms with Crippen LogP contribution in [-0.4, -0.2) is 4.98 Å². The first-order chi connectivity index (χ1) is 12.4. The maximum absolute atomic E-state index is 5.74. The summed E-state index contributed by atoms with van der Waals surface area (Å²) in [6.45, 7) is 0. The van der Waals surface area contributed by atoms with E-state index in [1.54, 1.807) is 0 Å². The number of aromatic nitrogens is 1. The van der Waals surface area contributed by atoms with E-state index < -0.39 is 0 Å². The van der Waals surface area contributed by atoms with Crippen molar-refractivity contribution >= 4 is 22.5 Å². The summed E-state index contributed by atoms with van der Waals surface area (Å²) in [6.07, 6.45) is 0. The van der Waals surface area contributed by atoms with E-state index in [0.29, 0.717) is 11.6 Å². The Morgan fingerprint density at radius 3 is 2.00 bits per heavy atom. The topological polar surface area (TPSA) is 75.5 Å². The summed E-state index contributed by atoms with van der Waals surface area (Å²) >= 11 is 0. The molecule has 6 nitrogen and oxygen atoms in total. The smallest absolute Gasteiger partial charge is 0.227 e. The molecule has 0 saturated heterocycles. The minimum atomic E-state index is 0.577. The lowest BCUT2D eigenvalue weighted by Crippen LogP contribution is -1.75. The Balaban J connectivity index is 1.48. The van der Waals surface area contributed by atoms with E-state index in [9.17, 15) is 0 Å². The van der Waals surface area contributed by atoms with Crippen LogP contribution >= 0.6 is 0 Å². The zero-order valence-corrected chi connectivity index (χ0v) is 13.1. The molecule has 6 heteroatoms. The van der Waals surface area contributed by atoms with Crippen molar-refractivity contribution in [1.82, 2.24) is 4.98 Å². The number of benzene rings is 3. The standard InChI is InChI=1S/C19H13N5O/c1-2-6-15(7-3-1)21-23-24-22-16-12-10-14(11-13-16)19-20-17-8-4-5-9-18(17)25-19/h1-13H. The van der Waals surface area contributed by atoms with E-state index in [1.165, 1.54) is 0 Å². The highest BCUT2D eigenvalue weighted by molar-refractivity contribution is 5.76. The number of para-hydroxylation sites is 2. The first kappa shape index (κ1) is 14.9. The molecule has 0 aliphatic rings. The Bertz CT molecular complexity index is 1000. The SMILES string of the molecule is c1ccc(N=NN=Nc2ccc(-c3nc4ccccc4o3)cc2)cc1. The van der Waals surface area contributed by atoms with Gasteiger partial charge in [0.2, 0.25) is 5.89 Å². The van der Waals surface area contributed by atoms with Crippen molar-refractivity contribution in [2.24, 2.45) is 20.7 Å². The van der Waals surface area contributed by atoms with Crippen molar-refractivity contribution in [2.45, 2.75) is 0 Å². The summed E-state index contributed by atoms with van der Waals surface area (Å²) in [5, 5.41) is 15.4. The summed E-state index contributed by atoms with van der Waals surface area (Å²) in [5.74, 6) is 0.577. The zero-order chi connectivity index (χ0) is 16.9. The first-order valence-corrected chi connectivity index (χ1v) is 7.71. The Kier molecular flexibility index (Phi) is 4.07. The van der Waals surface area contributed by atoms with Crippen molar-refractivity contribution in [3.8, 4) is 11.5 Å². The maximum atomic E-state index is 5.74. The molecule has 0 radical (unpaired) electrons. The van der Waals surface area contributed by atoms with E-state index in [2.05, 4.69) is 25.7 Å². The predicted molar refractivity (Wildman–Crippen MR) is 94.9 cm³/mol. The molecule has 4 rings (SSSR count). The molecule has 0 aliphatic carbocycles. The van der Waals surface area contributed by atoms with Gasteiger partial charge in [-0.2, -0.15) is 0 Å². The van der Waals surface area contributed by atoms with Crippen LogP contribution in [0.2, 0.25) is 0 Å². The molecule has 4 aromatic rings. The number of oxazole rings is 1. The van der Waals surface area contributed by atoms with Gasteiger partial charge < -0.3 is 4.42 Å². The summed E-state index contributed by atoms with van der Waals surface area (Å²) in [7, 11) is 0. The lowest BCUT2D eigenvalue weighted by atomic mass is 10.2. The van der Waals surface area contributed by atoms with Crippen molar-refractivity contribution in [1.29, 1.82) is 0 Å². The second kappa shape index (κ2) is 6.84. The van der Waals surface area contributed by atoms with Crippen molar-refractivity contribution in [3.05, 3.63) is 78.9 Å². The molecule has 120 valence electrons. The number of rotatable bonds is 4. The van der Waals surface area contributed by atoms with E-state index in [1.807, 2.05) is 78.9 Å². The second-order valence-corrected chi connectivity index (χ2v) is 5.25. The van der Waals surface area contributed by atoms with Crippen LogP contribution in [0.5, 0.6) is 0 Å². The molecule has 0 aliphatic heterocycles. The highest BCUT2D eigenvalue weighted by Gasteiger charge is 2.07. The zero-order valence-electron chi connectivity index (χ0n) is 13.1. The van der Waals surface area contributed by atoms with Gasteiger partial charge in [0.15, 0.2) is 5.58 Å². The second-order valence-electron chi connectivity index (χ2n) is 5.25. The van der Waals surface area contributed by atoms with Crippen LogP contribution < -0.4 is 0 Å². The highest BCUT2D eigenvalue weighted by Crippen LogP contribution is 2.26. The monoisotopic (exact) mass is 327 g/mol. The third-order valence-corrected chi connectivity index (χ3v) is 3.52. The summed E-state index contributed by atoms with van der Waals surface area (Å²) in [6, 6.07) is 24.5. The van der Waals surface area contributed by atoms with Crippen LogP contribution in [0, 0.1) is 0 Å². The van der Waals surface area contributed by atoms with Crippen LogP contribution in [0.25, 0.3) is 22.6 Å². The molecule has 0 bridgehead atoms. The summed E-state index contributed by atoms with van der Waals surface area (Å²) in [5.41, 5.74) is 3.88. The highest BCUT2D eigenvalue weighted by atomic mass is 16.3. The number of hydrogen-bond donors (Lipinski definition) is 0. The van der Waals surface area contributed by atoms with Crippen molar-refractivity contribution in [3.63, 3.8) is 0 Å². The largest absolute Gasteiger partial charge is 0.436 e. The third-order valence-electron chi connectivity index (χ3n) is 3.52. The minimum absolute atomic E-state index is 0.577. The average molecular weight is 327 g/mol. The maximum Gasteiger partial charge on any atom is 0.227 e. The summed E-state index contributed by atoms with van der Waals surface area (Å²) in [4.78, 5) is 4.47. The van der Waals surface area contributed by atoms with Gasteiger partial charge in [0.25, 0.3) is 0 Å². The molecule has 1 aromatic heterocycles. The lowest BCUT2D eigenvalue weighted by molar-refractivity contribution is 0.620. The fourth-order valence-electron chi connectivity index (χ4n) is 2.30. The van der Waals surface area contributed by atoms with Gasteiger partial charge in [-0.15, -0.1) is 10.2 Å². The molecule has 1 heterocycles. The Morgan fingerprint density at radius 2 is 1.28 bits per heavy atom. The quantitative estimate of drug-likeness (QED) is 0.327. The molecule has 0 unspecified atom stereocenters. The number of nitrogens with zero attached hydrogens (tertiary/aromatic N) is 5. The molecule has 0 atom stereocenters. The first-order valence-electron chi connectivity index (χ1n) is 7.71. The molecule has 0 spiro atoms. The lowest BCUT2D eigenvalue weighted by Gasteiger charge is -1.95. The van der Waals surface area contributed by atoms with Crippen LogP contribution in [0.15, 0.2) is 104 Å². The fourth-order valence-corrected chi connectivity index (χ4v) is 2.30. The Morgan fingerprint density at radius 1 is 0.640 bits per heavy atom. The summed E-state index contributed by atoms with van der Waals surface area (Å²) < 4.78 is 5.74. The van der Waals surface area contributed by atoms with Gasteiger partial charge in [-0.1, -0.05) is 30.3 Å². The van der Waals surface area contributed by atoms with E-state index in [-0.39, 0.29) is 0 Å². The molecule has 0 fully saturated rings. The van der Waals surface area contributed by atoms with Crippen LogP contribution in [0.3, 0.4) is 0 Å². The molecular formula is C19H13N5O. The van der Waals surface area contributed by atoms with Gasteiger partial charge in [-0.05, 0) is 59.0 Å². The van der Waals surface area contributed by atoms with Gasteiger partial charge in [0, 0.05) is 5.56 Å².